The highest BCUT2D eigenvalue weighted by Crippen LogP contribution is 2.26. The first-order chi connectivity index (χ1) is 6.70. The molecule has 0 atom stereocenters. The average Bonchev–Trinajstić information content (AvgIpc) is 2.49. The lowest BCUT2D eigenvalue weighted by molar-refractivity contribution is 0.427. The molecule has 4 heteroatoms. The lowest BCUT2D eigenvalue weighted by Gasteiger charge is -2.01. The van der Waals surface area contributed by atoms with Gasteiger partial charge in [-0.2, -0.15) is 0 Å². The van der Waals surface area contributed by atoms with Gasteiger partial charge in [-0.05, 0) is 6.92 Å². The topological polar surface area (TPSA) is 52.0 Å². The minimum absolute atomic E-state index is 0.542. The van der Waals surface area contributed by atoms with E-state index in [2.05, 4.69) is 5.16 Å². The number of benzene rings is 1. The molecule has 0 aliphatic heterocycles. The second kappa shape index (κ2) is 3.22. The molecule has 2 rings (SSSR count). The van der Waals surface area contributed by atoms with Crippen LogP contribution in [0.4, 0.5) is 5.69 Å². The Labute approximate surface area is 83.3 Å². The van der Waals surface area contributed by atoms with E-state index in [1.54, 1.807) is 13.0 Å². The average molecular weight is 184 g/mol. The van der Waals surface area contributed by atoms with Crippen molar-refractivity contribution in [3.8, 4) is 11.3 Å². The van der Waals surface area contributed by atoms with Crippen LogP contribution in [0.3, 0.4) is 0 Å². The molecule has 0 bridgehead atoms. The Morgan fingerprint density at radius 3 is 2.64 bits per heavy atom. The van der Waals surface area contributed by atoms with Crippen molar-refractivity contribution in [3.63, 3.8) is 0 Å². The smallest absolute Gasteiger partial charge is 0.189 e. The maximum absolute atomic E-state index is 5.79. The maximum Gasteiger partial charge on any atom is 0.189 e. The van der Waals surface area contributed by atoms with Crippen molar-refractivity contribution >= 4 is 19.0 Å². The number of nitrogens with zero attached hydrogens (tertiary/aromatic N) is 1. The fraction of sp³-hybridized carbons (Fsp3) is 0.100. The van der Waals surface area contributed by atoms with Crippen LogP contribution in [0.2, 0.25) is 0 Å². The van der Waals surface area contributed by atoms with Gasteiger partial charge in [-0.25, -0.2) is 0 Å². The summed E-state index contributed by atoms with van der Waals surface area (Å²) >= 11 is 0. The molecule has 2 radical (unpaired) electrons. The quantitative estimate of drug-likeness (QED) is 0.673. The van der Waals surface area contributed by atoms with Gasteiger partial charge in [-0.1, -0.05) is 34.9 Å². The zero-order valence-electron chi connectivity index (χ0n) is 7.82. The fourth-order valence-electron chi connectivity index (χ4n) is 1.27. The number of hydrogen-bond donors (Lipinski definition) is 1. The van der Waals surface area contributed by atoms with Crippen LogP contribution >= 0.6 is 0 Å². The minimum Gasteiger partial charge on any atom is -0.394 e. The van der Waals surface area contributed by atoms with Crippen molar-refractivity contribution in [2.75, 3.05) is 5.73 Å². The predicted octanol–water partition coefficient (Wildman–Crippen LogP) is 1.03. The van der Waals surface area contributed by atoms with Gasteiger partial charge in [-0.3, -0.25) is 0 Å². The first-order valence-corrected chi connectivity index (χ1v) is 4.27. The molecule has 68 valence electrons. The van der Waals surface area contributed by atoms with E-state index in [0.717, 1.165) is 5.56 Å². The number of nitrogen functional groups attached to an aromatic ring is 1. The van der Waals surface area contributed by atoms with E-state index < -0.39 is 0 Å². The summed E-state index contributed by atoms with van der Waals surface area (Å²) in [5, 5.41) is 3.78. The molecule has 0 aliphatic rings. The number of hydrogen-bond acceptors (Lipinski definition) is 3. The second-order valence-corrected chi connectivity index (χ2v) is 3.10. The van der Waals surface area contributed by atoms with Crippen molar-refractivity contribution in [1.29, 1.82) is 0 Å². The molecule has 2 N–H and O–H groups in total. The Bertz CT molecular complexity index is 465. The van der Waals surface area contributed by atoms with Gasteiger partial charge in [0.2, 0.25) is 0 Å². The standard InChI is InChI=1S/C10H9BN2O/c1-6-9(12)10(14-13-6)7-4-2-3-5-8(7)11/h2-5H,12H2,1H3. The summed E-state index contributed by atoms with van der Waals surface area (Å²) in [6.07, 6.45) is 0. The van der Waals surface area contributed by atoms with Crippen molar-refractivity contribution in [2.24, 2.45) is 0 Å². The second-order valence-electron chi connectivity index (χ2n) is 3.10. The molecule has 0 saturated carbocycles. The number of aryl methyl sites for hydroxylation is 1. The van der Waals surface area contributed by atoms with Crippen LogP contribution in [0.1, 0.15) is 5.69 Å². The van der Waals surface area contributed by atoms with E-state index >= 15 is 0 Å². The highest BCUT2D eigenvalue weighted by atomic mass is 16.5. The van der Waals surface area contributed by atoms with E-state index in [9.17, 15) is 0 Å². The molecule has 1 heterocycles. The molecule has 14 heavy (non-hydrogen) atoms. The number of rotatable bonds is 1. The first-order valence-electron chi connectivity index (χ1n) is 4.27. The van der Waals surface area contributed by atoms with Crippen molar-refractivity contribution in [1.82, 2.24) is 5.16 Å². The van der Waals surface area contributed by atoms with E-state index in [4.69, 9.17) is 18.1 Å². The van der Waals surface area contributed by atoms with Crippen molar-refractivity contribution in [3.05, 3.63) is 30.0 Å². The highest BCUT2D eigenvalue weighted by Gasteiger charge is 2.12. The van der Waals surface area contributed by atoms with Crippen LogP contribution in [0, 0.1) is 6.92 Å². The maximum atomic E-state index is 5.79. The Balaban J connectivity index is 2.60. The molecule has 2 aromatic rings. The molecule has 0 saturated heterocycles. The zero-order chi connectivity index (χ0) is 10.1. The van der Waals surface area contributed by atoms with E-state index in [0.29, 0.717) is 22.6 Å². The summed E-state index contributed by atoms with van der Waals surface area (Å²) in [6, 6.07) is 7.39. The lowest BCUT2D eigenvalue weighted by atomic mass is 9.89. The van der Waals surface area contributed by atoms with Gasteiger partial charge in [-0.15, -0.1) is 0 Å². The van der Waals surface area contributed by atoms with Gasteiger partial charge in [0.1, 0.15) is 19.2 Å². The Hall–Kier alpha value is -1.71. The molecule has 0 fully saturated rings. The molecule has 1 aromatic carbocycles. The predicted molar refractivity (Wildman–Crippen MR) is 56.5 cm³/mol. The molecule has 0 amide bonds. The molecular weight excluding hydrogens is 175 g/mol. The summed E-state index contributed by atoms with van der Waals surface area (Å²) in [5.41, 5.74) is 8.44. The Morgan fingerprint density at radius 1 is 1.36 bits per heavy atom. The number of aromatic nitrogens is 1. The van der Waals surface area contributed by atoms with Gasteiger partial charge < -0.3 is 10.3 Å². The summed E-state index contributed by atoms with van der Waals surface area (Å²) in [6.45, 7) is 1.79. The van der Waals surface area contributed by atoms with E-state index in [1.165, 1.54) is 0 Å². The van der Waals surface area contributed by atoms with Crippen LogP contribution in [0.5, 0.6) is 0 Å². The minimum atomic E-state index is 0.542. The van der Waals surface area contributed by atoms with Crippen LogP contribution < -0.4 is 11.2 Å². The highest BCUT2D eigenvalue weighted by molar-refractivity contribution is 6.35. The van der Waals surface area contributed by atoms with Crippen LogP contribution in [-0.2, 0) is 0 Å². The largest absolute Gasteiger partial charge is 0.394 e. The third kappa shape index (κ3) is 1.29. The van der Waals surface area contributed by atoms with Crippen molar-refractivity contribution < 1.29 is 4.52 Å². The van der Waals surface area contributed by atoms with Gasteiger partial charge >= 0.3 is 0 Å². The Kier molecular flexibility index (Phi) is 2.04. The molecule has 3 nitrogen and oxygen atoms in total. The van der Waals surface area contributed by atoms with Gasteiger partial charge in [0.15, 0.2) is 5.76 Å². The third-order valence-electron chi connectivity index (χ3n) is 2.11. The number of anilines is 1. The molecule has 0 unspecified atom stereocenters. The summed E-state index contributed by atoms with van der Waals surface area (Å²) in [4.78, 5) is 0. The van der Waals surface area contributed by atoms with Gasteiger partial charge in [0.05, 0.1) is 0 Å². The summed E-state index contributed by atoms with van der Waals surface area (Å²) in [5.74, 6) is 0.542. The van der Waals surface area contributed by atoms with Gasteiger partial charge in [0.25, 0.3) is 0 Å². The SMILES string of the molecule is [B]c1ccccc1-c1onc(C)c1N. The molecular formula is C10H9BN2O. The fourth-order valence-corrected chi connectivity index (χ4v) is 1.27. The molecule has 0 aliphatic carbocycles. The van der Waals surface area contributed by atoms with Crippen LogP contribution in [-0.4, -0.2) is 13.0 Å². The number of nitrogens with two attached hydrogens (primary N) is 1. The molecule has 1 aromatic heterocycles. The van der Waals surface area contributed by atoms with Crippen molar-refractivity contribution in [2.45, 2.75) is 6.92 Å². The van der Waals surface area contributed by atoms with Gasteiger partial charge in [0, 0.05) is 5.56 Å². The zero-order valence-corrected chi connectivity index (χ0v) is 7.82. The monoisotopic (exact) mass is 184 g/mol. The first kappa shape index (κ1) is 8.87. The van der Waals surface area contributed by atoms with Crippen LogP contribution in [0.15, 0.2) is 28.8 Å². The van der Waals surface area contributed by atoms with E-state index in [-0.39, 0.29) is 0 Å². The Morgan fingerprint density at radius 2 is 2.07 bits per heavy atom. The summed E-state index contributed by atoms with van der Waals surface area (Å²) in [7, 11) is 5.79. The van der Waals surface area contributed by atoms with E-state index in [1.807, 2.05) is 18.2 Å². The normalized spacial score (nSPS) is 10.4. The lowest BCUT2D eigenvalue weighted by Crippen LogP contribution is -2.05. The summed E-state index contributed by atoms with van der Waals surface area (Å²) < 4.78 is 5.11. The third-order valence-corrected chi connectivity index (χ3v) is 2.11. The van der Waals surface area contributed by atoms with Crippen LogP contribution in [0.25, 0.3) is 11.3 Å². The molecule has 0 spiro atoms.